The number of pyridine rings is 1. The molecule has 4 rings (SSSR count). The van der Waals surface area contributed by atoms with Gasteiger partial charge in [0.25, 0.3) is 0 Å². The lowest BCUT2D eigenvalue weighted by Gasteiger charge is -2.32. The zero-order valence-corrected chi connectivity index (χ0v) is 16.9. The number of halogens is 1. The lowest BCUT2D eigenvalue weighted by atomic mass is 10.0. The van der Waals surface area contributed by atoms with Crippen molar-refractivity contribution in [2.45, 2.75) is 11.0 Å². The molecule has 150 valence electrons. The Hall–Kier alpha value is -2.52. The maximum Gasteiger partial charge on any atom is 0.249 e. The minimum Gasteiger partial charge on any atom is -0.369 e. The van der Waals surface area contributed by atoms with Crippen LogP contribution in [-0.2, 0) is 14.8 Å². The number of para-hydroxylation sites is 1. The average Bonchev–Trinajstić information content (AvgIpc) is 2.73. The Morgan fingerprint density at radius 3 is 2.62 bits per heavy atom. The number of sulfonamides is 1. The number of fused-ring (bicyclic) bond motifs is 1. The molecule has 1 unspecified atom stereocenters. The second-order valence-electron chi connectivity index (χ2n) is 6.65. The lowest BCUT2D eigenvalue weighted by Crippen LogP contribution is -2.42. The molecule has 29 heavy (non-hydrogen) atoms. The highest BCUT2D eigenvalue weighted by atomic mass is 35.5. The van der Waals surface area contributed by atoms with Crippen LogP contribution in [-0.4, -0.2) is 43.3 Å². The van der Waals surface area contributed by atoms with E-state index >= 15 is 0 Å². The molecule has 1 aliphatic rings. The molecule has 1 amide bonds. The number of ether oxygens (including phenoxy) is 1. The molecule has 1 aromatic heterocycles. The van der Waals surface area contributed by atoms with E-state index in [1.807, 2.05) is 6.07 Å². The van der Waals surface area contributed by atoms with Gasteiger partial charge in [0.15, 0.2) is 0 Å². The van der Waals surface area contributed by atoms with Gasteiger partial charge in [-0.05, 0) is 36.4 Å². The Labute approximate surface area is 173 Å². The number of benzene rings is 2. The van der Waals surface area contributed by atoms with Crippen molar-refractivity contribution >= 4 is 38.4 Å². The number of morpholine rings is 1. The number of nitrogens with two attached hydrogens (primary N) is 1. The van der Waals surface area contributed by atoms with Crippen molar-refractivity contribution in [3.8, 4) is 0 Å². The molecule has 9 heteroatoms. The molecule has 0 saturated carbocycles. The zero-order chi connectivity index (χ0) is 20.6. The van der Waals surface area contributed by atoms with Crippen LogP contribution >= 0.6 is 11.6 Å². The van der Waals surface area contributed by atoms with E-state index in [-0.39, 0.29) is 24.6 Å². The smallest absolute Gasteiger partial charge is 0.249 e. The summed E-state index contributed by atoms with van der Waals surface area (Å²) >= 11 is 5.86. The first-order valence-corrected chi connectivity index (χ1v) is 10.7. The molecule has 3 aromatic rings. The molecule has 7 nitrogen and oxygen atoms in total. The van der Waals surface area contributed by atoms with Gasteiger partial charge in [-0.3, -0.25) is 4.79 Å². The van der Waals surface area contributed by atoms with Crippen molar-refractivity contribution in [2.24, 2.45) is 5.73 Å². The monoisotopic (exact) mass is 431 g/mol. The first-order chi connectivity index (χ1) is 13.9. The topological polar surface area (TPSA) is 103 Å². The van der Waals surface area contributed by atoms with Crippen LogP contribution in [0.4, 0.5) is 0 Å². The van der Waals surface area contributed by atoms with Gasteiger partial charge in [-0.2, -0.15) is 4.31 Å². The number of aromatic nitrogens is 1. The summed E-state index contributed by atoms with van der Waals surface area (Å²) in [4.78, 5) is 16.7. The Kier molecular flexibility index (Phi) is 5.26. The fraction of sp³-hybridized carbons (Fsp3) is 0.200. The number of hydrogen-bond donors (Lipinski definition) is 1. The van der Waals surface area contributed by atoms with Gasteiger partial charge in [0.05, 0.1) is 28.3 Å². The Balaban J connectivity index is 1.68. The fourth-order valence-electron chi connectivity index (χ4n) is 3.34. The van der Waals surface area contributed by atoms with Crippen LogP contribution in [0, 0.1) is 0 Å². The summed E-state index contributed by atoms with van der Waals surface area (Å²) in [5, 5.41) is 1.10. The van der Waals surface area contributed by atoms with E-state index in [1.54, 1.807) is 24.3 Å². The molecule has 1 atom stereocenters. The highest BCUT2D eigenvalue weighted by molar-refractivity contribution is 7.89. The summed E-state index contributed by atoms with van der Waals surface area (Å²) in [6.07, 6.45) is -0.617. The van der Waals surface area contributed by atoms with E-state index in [4.69, 9.17) is 22.1 Å². The van der Waals surface area contributed by atoms with Crippen LogP contribution in [0.15, 0.2) is 59.5 Å². The minimum atomic E-state index is -3.71. The number of carbonyl (C=O) groups excluding carboxylic acids is 1. The van der Waals surface area contributed by atoms with Crippen LogP contribution in [0.1, 0.15) is 22.2 Å². The Bertz CT molecular complexity index is 1180. The van der Waals surface area contributed by atoms with Crippen molar-refractivity contribution < 1.29 is 17.9 Å². The fourth-order valence-corrected chi connectivity index (χ4v) is 4.89. The van der Waals surface area contributed by atoms with E-state index in [2.05, 4.69) is 4.98 Å². The molecule has 1 fully saturated rings. The molecule has 2 aromatic carbocycles. The predicted molar refractivity (Wildman–Crippen MR) is 109 cm³/mol. The molecular formula is C20H18ClN3O4S. The molecule has 1 saturated heterocycles. The zero-order valence-electron chi connectivity index (χ0n) is 15.3. The molecule has 0 bridgehead atoms. The predicted octanol–water partition coefficient (Wildman–Crippen LogP) is 2.75. The van der Waals surface area contributed by atoms with Gasteiger partial charge in [-0.25, -0.2) is 13.4 Å². The third-order valence-electron chi connectivity index (χ3n) is 4.81. The van der Waals surface area contributed by atoms with Crippen LogP contribution in [0.25, 0.3) is 10.9 Å². The molecule has 1 aliphatic heterocycles. The van der Waals surface area contributed by atoms with E-state index in [1.165, 1.54) is 28.6 Å². The maximum atomic E-state index is 13.0. The van der Waals surface area contributed by atoms with Crippen LogP contribution in [0.3, 0.4) is 0 Å². The molecule has 0 aliphatic carbocycles. The highest BCUT2D eigenvalue weighted by Crippen LogP contribution is 2.28. The molecule has 0 spiro atoms. The van der Waals surface area contributed by atoms with Crippen molar-refractivity contribution in [1.82, 2.24) is 9.29 Å². The normalized spacial score (nSPS) is 18.0. The first-order valence-electron chi connectivity index (χ1n) is 8.93. The van der Waals surface area contributed by atoms with Gasteiger partial charge in [0.1, 0.15) is 6.10 Å². The van der Waals surface area contributed by atoms with E-state index in [0.717, 1.165) is 0 Å². The number of amides is 1. The summed E-state index contributed by atoms with van der Waals surface area (Å²) in [5.41, 5.74) is 6.93. The van der Waals surface area contributed by atoms with Crippen molar-refractivity contribution in [3.63, 3.8) is 0 Å². The van der Waals surface area contributed by atoms with Gasteiger partial charge in [0, 0.05) is 23.5 Å². The number of nitrogens with zero attached hydrogens (tertiary/aromatic N) is 2. The van der Waals surface area contributed by atoms with Gasteiger partial charge < -0.3 is 10.5 Å². The standard InChI is InChI=1S/C20H18ClN3O4S/c21-13-5-7-14(8-6-13)29(26,27)24-9-10-28-19(12-24)18-11-16(20(22)25)15-3-1-2-4-17(15)23-18/h1-8,11,19H,9-10,12H2,(H2,22,25). The third-order valence-corrected chi connectivity index (χ3v) is 6.94. The SMILES string of the molecule is NC(=O)c1cc(C2CN(S(=O)(=O)c3ccc(Cl)cc3)CCO2)nc2ccccc12. The largest absolute Gasteiger partial charge is 0.369 e. The van der Waals surface area contributed by atoms with Crippen LogP contribution < -0.4 is 5.73 Å². The van der Waals surface area contributed by atoms with Crippen molar-refractivity contribution in [1.29, 1.82) is 0 Å². The summed E-state index contributed by atoms with van der Waals surface area (Å²) in [7, 11) is -3.71. The van der Waals surface area contributed by atoms with Gasteiger partial charge in [-0.15, -0.1) is 0 Å². The third kappa shape index (κ3) is 3.84. The van der Waals surface area contributed by atoms with Crippen LogP contribution in [0.2, 0.25) is 5.02 Å². The quantitative estimate of drug-likeness (QED) is 0.684. The average molecular weight is 432 g/mol. The van der Waals surface area contributed by atoms with Crippen molar-refractivity contribution in [2.75, 3.05) is 19.7 Å². The molecular weight excluding hydrogens is 414 g/mol. The lowest BCUT2D eigenvalue weighted by molar-refractivity contribution is -0.00479. The van der Waals surface area contributed by atoms with Gasteiger partial charge in [0.2, 0.25) is 15.9 Å². The Morgan fingerprint density at radius 2 is 1.90 bits per heavy atom. The maximum absolute atomic E-state index is 13.0. The van der Waals surface area contributed by atoms with Gasteiger partial charge in [-0.1, -0.05) is 29.8 Å². The van der Waals surface area contributed by atoms with Crippen LogP contribution in [0.5, 0.6) is 0 Å². The number of carbonyl (C=O) groups is 1. The van der Waals surface area contributed by atoms with E-state index in [0.29, 0.717) is 27.2 Å². The summed E-state index contributed by atoms with van der Waals surface area (Å²) in [6.45, 7) is 0.504. The number of primary amides is 1. The van der Waals surface area contributed by atoms with E-state index in [9.17, 15) is 13.2 Å². The molecule has 0 radical (unpaired) electrons. The van der Waals surface area contributed by atoms with Crippen molar-refractivity contribution in [3.05, 3.63) is 70.9 Å². The second kappa shape index (κ2) is 7.72. The Morgan fingerprint density at radius 1 is 1.17 bits per heavy atom. The molecule has 2 N–H and O–H groups in total. The van der Waals surface area contributed by atoms with E-state index < -0.39 is 22.0 Å². The second-order valence-corrected chi connectivity index (χ2v) is 9.03. The highest BCUT2D eigenvalue weighted by Gasteiger charge is 2.32. The number of hydrogen-bond acceptors (Lipinski definition) is 5. The number of rotatable bonds is 4. The summed E-state index contributed by atoms with van der Waals surface area (Å²) in [5.74, 6) is -0.577. The van der Waals surface area contributed by atoms with Gasteiger partial charge >= 0.3 is 0 Å². The summed E-state index contributed by atoms with van der Waals surface area (Å²) < 4.78 is 33.1. The first kappa shape index (κ1) is 19.8. The molecule has 2 heterocycles. The minimum absolute atomic E-state index is 0.0779. The summed E-state index contributed by atoms with van der Waals surface area (Å²) in [6, 6.07) is 14.8.